The van der Waals surface area contributed by atoms with Gasteiger partial charge in [0.05, 0.1) is 24.7 Å². The van der Waals surface area contributed by atoms with Gasteiger partial charge in [0.1, 0.15) is 6.04 Å². The van der Waals surface area contributed by atoms with Gasteiger partial charge in [-0.05, 0) is 53.2 Å². The zero-order valence-corrected chi connectivity index (χ0v) is 21.3. The van der Waals surface area contributed by atoms with Crippen molar-refractivity contribution in [2.24, 2.45) is 0 Å². The zero-order valence-electron chi connectivity index (χ0n) is 19.5. The van der Waals surface area contributed by atoms with Crippen molar-refractivity contribution >= 4 is 29.4 Å². The summed E-state index contributed by atoms with van der Waals surface area (Å²) in [4.78, 5) is 26.2. The van der Waals surface area contributed by atoms with Gasteiger partial charge in [-0.1, -0.05) is 24.6 Å². The summed E-state index contributed by atoms with van der Waals surface area (Å²) in [6.45, 7) is 9.20. The van der Waals surface area contributed by atoms with Gasteiger partial charge in [-0.25, -0.2) is 8.42 Å². The van der Waals surface area contributed by atoms with Gasteiger partial charge in [-0.2, -0.15) is 4.72 Å². The summed E-state index contributed by atoms with van der Waals surface area (Å²) in [5.74, 6) is -1.68. The van der Waals surface area contributed by atoms with Gasteiger partial charge >= 0.3 is 13.6 Å². The average molecular weight is 492 g/mol. The minimum Gasteiger partial charge on any atom is -0.465 e. The van der Waals surface area contributed by atoms with E-state index in [2.05, 4.69) is 4.72 Å². The van der Waals surface area contributed by atoms with E-state index in [1.165, 1.54) is 19.1 Å². The van der Waals surface area contributed by atoms with Crippen LogP contribution in [-0.2, 0) is 38.0 Å². The van der Waals surface area contributed by atoms with E-state index in [0.717, 1.165) is 5.56 Å². The van der Waals surface area contributed by atoms with E-state index < -0.39 is 40.6 Å². The highest BCUT2D eigenvalue weighted by molar-refractivity contribution is 7.89. The predicted molar refractivity (Wildman–Crippen MR) is 121 cm³/mol. The molecule has 0 heterocycles. The number of ketones is 1. The van der Waals surface area contributed by atoms with Crippen LogP contribution in [0.15, 0.2) is 29.2 Å². The Balaban J connectivity index is 3.72. The largest absolute Gasteiger partial charge is 0.465 e. The third-order valence-corrected chi connectivity index (χ3v) is 9.18. The Morgan fingerprint density at radius 2 is 1.56 bits per heavy atom. The molecule has 0 spiro atoms. The number of sulfonamides is 1. The monoisotopic (exact) mass is 491 g/mol. The molecule has 11 heteroatoms. The lowest BCUT2D eigenvalue weighted by Gasteiger charge is -2.39. The molecule has 0 aliphatic heterocycles. The Kier molecular flexibility index (Phi) is 10.7. The van der Waals surface area contributed by atoms with Crippen LogP contribution in [0.1, 0.15) is 53.0 Å². The number of Topliss-reactive ketones (excluding diaryl/α,β-unsaturated/α-hetero) is 1. The lowest BCUT2D eigenvalue weighted by atomic mass is 9.93. The van der Waals surface area contributed by atoms with Crippen molar-refractivity contribution in [3.05, 3.63) is 29.8 Å². The minimum absolute atomic E-state index is 0.0667. The van der Waals surface area contributed by atoms with Gasteiger partial charge in [-0.3, -0.25) is 14.2 Å². The maximum Gasteiger partial charge on any atom is 0.346 e. The number of aryl methyl sites for hydroxylation is 1. The van der Waals surface area contributed by atoms with Crippen molar-refractivity contribution in [1.29, 1.82) is 0 Å². The zero-order chi connectivity index (χ0) is 24.6. The molecule has 0 saturated heterocycles. The molecule has 0 fully saturated rings. The maximum atomic E-state index is 13.9. The summed E-state index contributed by atoms with van der Waals surface area (Å²) in [5, 5.41) is -2.15. The van der Waals surface area contributed by atoms with Crippen LogP contribution in [0.2, 0.25) is 0 Å². The molecule has 0 aliphatic carbocycles. The molecule has 32 heavy (non-hydrogen) atoms. The number of benzene rings is 1. The van der Waals surface area contributed by atoms with E-state index in [1.54, 1.807) is 46.8 Å². The summed E-state index contributed by atoms with van der Waals surface area (Å²) in [7, 11) is -8.62. The first kappa shape index (κ1) is 28.5. The van der Waals surface area contributed by atoms with Gasteiger partial charge in [0, 0.05) is 6.42 Å². The number of nitrogens with one attached hydrogen (secondary N) is 1. The third-order valence-electron chi connectivity index (χ3n) is 4.90. The molecule has 1 rings (SSSR count). The Morgan fingerprint density at radius 3 is 2.00 bits per heavy atom. The SMILES string of the molecule is CCCC(=O)[C@@](C)([C@H](NS(=O)(=O)c1ccc(C)cc1)C(=O)OCC)P(=O)(OCC)OCC. The standard InChI is InChI=1S/C21H34NO8PS/c1-7-11-18(23)21(6,31(25,29-9-3)30-10-4)19(20(24)28-8-2)22-32(26,27)17-14-12-16(5)13-15-17/h12-15,19,22H,7-11H2,1-6H3/t19-,21+/m1/s1. The molecule has 0 radical (unpaired) electrons. The summed E-state index contributed by atoms with van der Waals surface area (Å²) in [5.41, 5.74) is 0.839. The highest BCUT2D eigenvalue weighted by atomic mass is 32.2. The molecular formula is C21H34NO8PS. The molecule has 2 atom stereocenters. The summed E-state index contributed by atoms with van der Waals surface area (Å²) in [6, 6.07) is 4.10. The lowest BCUT2D eigenvalue weighted by molar-refractivity contribution is -0.148. The van der Waals surface area contributed by atoms with Crippen molar-refractivity contribution in [3.63, 3.8) is 0 Å². The third kappa shape index (κ3) is 6.26. The minimum atomic E-state index is -4.32. The van der Waals surface area contributed by atoms with Gasteiger partial charge < -0.3 is 13.8 Å². The average Bonchev–Trinajstić information content (AvgIpc) is 2.72. The number of ether oxygens (including phenoxy) is 1. The molecule has 0 aliphatic rings. The highest BCUT2D eigenvalue weighted by Gasteiger charge is 2.61. The number of carbonyl (C=O) groups excluding carboxylic acids is 2. The number of hydrogen-bond acceptors (Lipinski definition) is 8. The second kappa shape index (κ2) is 12.0. The van der Waals surface area contributed by atoms with Crippen LogP contribution in [0, 0.1) is 6.92 Å². The molecule has 1 aromatic carbocycles. The lowest BCUT2D eigenvalue weighted by Crippen LogP contribution is -2.60. The Labute approximate surface area is 190 Å². The normalized spacial score (nSPS) is 15.1. The van der Waals surface area contributed by atoms with E-state index in [0.29, 0.717) is 6.42 Å². The second-order valence-corrected chi connectivity index (χ2v) is 11.4. The smallest absolute Gasteiger partial charge is 0.346 e. The van der Waals surface area contributed by atoms with Gasteiger partial charge in [0.25, 0.3) is 0 Å². The number of hydrogen-bond donors (Lipinski definition) is 1. The van der Waals surface area contributed by atoms with Crippen LogP contribution in [0.3, 0.4) is 0 Å². The van der Waals surface area contributed by atoms with Gasteiger partial charge in [0.15, 0.2) is 10.9 Å². The van der Waals surface area contributed by atoms with Crippen molar-refractivity contribution in [2.45, 2.75) is 70.5 Å². The van der Waals surface area contributed by atoms with Gasteiger partial charge in [-0.15, -0.1) is 0 Å². The summed E-state index contributed by atoms with van der Waals surface area (Å²) in [6.07, 6.45) is 0.315. The fourth-order valence-electron chi connectivity index (χ4n) is 3.16. The van der Waals surface area contributed by atoms with Crippen molar-refractivity contribution in [1.82, 2.24) is 4.72 Å². The molecule has 0 saturated carbocycles. The van der Waals surface area contributed by atoms with Crippen LogP contribution in [-0.4, -0.2) is 51.2 Å². The first-order valence-corrected chi connectivity index (χ1v) is 13.6. The maximum absolute atomic E-state index is 13.9. The number of esters is 1. The molecule has 0 aromatic heterocycles. The van der Waals surface area contributed by atoms with Crippen molar-refractivity contribution in [2.75, 3.05) is 19.8 Å². The first-order valence-electron chi connectivity index (χ1n) is 10.6. The van der Waals surface area contributed by atoms with Crippen LogP contribution in [0.25, 0.3) is 0 Å². The Bertz CT molecular complexity index is 922. The molecule has 1 aromatic rings. The van der Waals surface area contributed by atoms with Crippen LogP contribution in [0.4, 0.5) is 0 Å². The quantitative estimate of drug-likeness (QED) is 0.309. The van der Waals surface area contributed by atoms with Crippen molar-refractivity contribution in [3.8, 4) is 0 Å². The van der Waals surface area contributed by atoms with Gasteiger partial charge in [0.2, 0.25) is 10.0 Å². The van der Waals surface area contributed by atoms with Crippen molar-refractivity contribution < 1.29 is 36.4 Å². The van der Waals surface area contributed by atoms with Crippen LogP contribution >= 0.6 is 7.60 Å². The Morgan fingerprint density at radius 1 is 1.03 bits per heavy atom. The molecule has 0 bridgehead atoms. The second-order valence-electron chi connectivity index (χ2n) is 7.27. The van der Waals surface area contributed by atoms with E-state index in [1.807, 2.05) is 0 Å². The molecule has 0 amide bonds. The predicted octanol–water partition coefficient (Wildman–Crippen LogP) is 3.60. The topological polar surface area (TPSA) is 125 Å². The van der Waals surface area contributed by atoms with E-state index in [9.17, 15) is 22.6 Å². The number of carbonyl (C=O) groups is 2. The fourth-order valence-corrected chi connectivity index (χ4v) is 6.71. The first-order chi connectivity index (χ1) is 14.9. The molecular weight excluding hydrogens is 457 g/mol. The van der Waals surface area contributed by atoms with Crippen LogP contribution < -0.4 is 4.72 Å². The highest BCUT2D eigenvalue weighted by Crippen LogP contribution is 2.62. The van der Waals surface area contributed by atoms with E-state index >= 15 is 0 Å². The fraction of sp³-hybridized carbons (Fsp3) is 0.619. The molecule has 1 N–H and O–H groups in total. The van der Waals surface area contributed by atoms with Crippen LogP contribution in [0.5, 0.6) is 0 Å². The number of rotatable bonds is 14. The summed E-state index contributed by atoms with van der Waals surface area (Å²) < 4.78 is 58.3. The molecule has 182 valence electrons. The molecule has 9 nitrogen and oxygen atoms in total. The van der Waals surface area contributed by atoms with E-state index in [-0.39, 0.29) is 31.1 Å². The Hall–Kier alpha value is -1.58. The summed E-state index contributed by atoms with van der Waals surface area (Å²) >= 11 is 0. The molecule has 0 unspecified atom stereocenters. The van der Waals surface area contributed by atoms with E-state index in [4.69, 9.17) is 13.8 Å².